The van der Waals surface area contributed by atoms with Crippen LogP contribution < -0.4 is 10.6 Å². The Hall–Kier alpha value is -1.23. The second-order valence-electron chi connectivity index (χ2n) is 5.61. The fraction of sp³-hybridized carbons (Fsp3) is 0.643. The van der Waals surface area contributed by atoms with Crippen LogP contribution in [0.4, 0.5) is 5.82 Å². The average Bonchev–Trinajstić information content (AvgIpc) is 2.89. The molecule has 1 heterocycles. The molecule has 0 atom stereocenters. The minimum atomic E-state index is 0.301. The highest BCUT2D eigenvalue weighted by Crippen LogP contribution is 2.27. The molecule has 2 rings (SSSR count). The Morgan fingerprint density at radius 3 is 2.53 bits per heavy atom. The van der Waals surface area contributed by atoms with Crippen LogP contribution in [0.2, 0.25) is 0 Å². The Bertz CT molecular complexity index is 424. The molecule has 0 radical (unpaired) electrons. The number of nitrogens with zero attached hydrogens (tertiary/aromatic N) is 3. The van der Waals surface area contributed by atoms with Crippen LogP contribution in [0.25, 0.3) is 0 Å². The normalized spacial score (nSPS) is 15.9. The summed E-state index contributed by atoms with van der Waals surface area (Å²) in [5, 5.41) is 0. The van der Waals surface area contributed by atoms with Gasteiger partial charge in [-0.05, 0) is 18.8 Å². The van der Waals surface area contributed by atoms with Crippen molar-refractivity contribution in [1.82, 2.24) is 9.97 Å². The fourth-order valence-corrected chi connectivity index (χ4v) is 2.74. The van der Waals surface area contributed by atoms with Crippen LogP contribution in [0.1, 0.15) is 45.2 Å². The van der Waals surface area contributed by atoms with Gasteiger partial charge in [-0.25, -0.2) is 9.97 Å². The molecule has 0 bridgehead atoms. The first kappa shape index (κ1) is 14.2. The summed E-state index contributed by atoms with van der Waals surface area (Å²) in [5.74, 6) is 1.55. The Morgan fingerprint density at radius 1 is 1.37 bits per heavy atom. The van der Waals surface area contributed by atoms with E-state index in [0.29, 0.717) is 22.6 Å². The van der Waals surface area contributed by atoms with Crippen LogP contribution in [-0.4, -0.2) is 27.5 Å². The highest BCUT2D eigenvalue weighted by Gasteiger charge is 2.24. The van der Waals surface area contributed by atoms with Crippen LogP contribution in [0.5, 0.6) is 0 Å². The van der Waals surface area contributed by atoms with Crippen molar-refractivity contribution in [2.75, 3.05) is 11.4 Å². The predicted molar refractivity (Wildman–Crippen MR) is 82.4 cm³/mol. The lowest BCUT2D eigenvalue weighted by Gasteiger charge is -2.31. The number of aromatic nitrogens is 2. The van der Waals surface area contributed by atoms with E-state index in [0.717, 1.165) is 12.4 Å². The lowest BCUT2D eigenvalue weighted by Crippen LogP contribution is -2.37. The summed E-state index contributed by atoms with van der Waals surface area (Å²) >= 11 is 4.91. The molecule has 1 aromatic rings. The maximum absolute atomic E-state index is 5.56. The molecule has 5 heteroatoms. The minimum Gasteiger partial charge on any atom is -0.388 e. The van der Waals surface area contributed by atoms with Gasteiger partial charge in [-0.1, -0.05) is 38.9 Å². The molecule has 0 saturated heterocycles. The van der Waals surface area contributed by atoms with Crippen molar-refractivity contribution < 1.29 is 0 Å². The van der Waals surface area contributed by atoms with Gasteiger partial charge in [0.05, 0.1) is 12.4 Å². The van der Waals surface area contributed by atoms with Crippen molar-refractivity contribution in [3.8, 4) is 0 Å². The van der Waals surface area contributed by atoms with Gasteiger partial charge in [0.25, 0.3) is 0 Å². The molecule has 1 aliphatic carbocycles. The Balaban J connectivity index is 2.18. The third-order valence-corrected chi connectivity index (χ3v) is 3.72. The van der Waals surface area contributed by atoms with E-state index in [1.54, 1.807) is 12.4 Å². The number of nitrogens with two attached hydrogens (primary N) is 1. The molecule has 0 amide bonds. The maximum atomic E-state index is 5.56. The van der Waals surface area contributed by atoms with Gasteiger partial charge in [0.2, 0.25) is 0 Å². The molecule has 0 unspecified atom stereocenters. The molecular weight excluding hydrogens is 256 g/mol. The Labute approximate surface area is 120 Å². The van der Waals surface area contributed by atoms with Crippen molar-refractivity contribution in [2.45, 2.75) is 45.6 Å². The molecule has 0 aliphatic heterocycles. The van der Waals surface area contributed by atoms with E-state index >= 15 is 0 Å². The molecule has 1 aromatic heterocycles. The Kier molecular flexibility index (Phi) is 4.69. The smallest absolute Gasteiger partial charge is 0.147 e. The van der Waals surface area contributed by atoms with Gasteiger partial charge in [-0.2, -0.15) is 0 Å². The molecule has 1 fully saturated rings. The summed E-state index contributed by atoms with van der Waals surface area (Å²) < 4.78 is 0. The summed E-state index contributed by atoms with van der Waals surface area (Å²) in [4.78, 5) is 11.5. The molecule has 1 aliphatic rings. The topological polar surface area (TPSA) is 55.0 Å². The zero-order chi connectivity index (χ0) is 13.8. The number of anilines is 1. The number of rotatable bonds is 5. The third-order valence-electron chi connectivity index (χ3n) is 3.51. The van der Waals surface area contributed by atoms with Gasteiger partial charge in [-0.15, -0.1) is 0 Å². The highest BCUT2D eigenvalue weighted by molar-refractivity contribution is 7.80. The first-order valence-corrected chi connectivity index (χ1v) is 7.37. The molecule has 0 aromatic carbocycles. The van der Waals surface area contributed by atoms with E-state index in [4.69, 9.17) is 18.0 Å². The van der Waals surface area contributed by atoms with Gasteiger partial charge in [0.15, 0.2) is 0 Å². The number of hydrogen-bond donors (Lipinski definition) is 1. The number of thiocarbonyl (C=S) groups is 1. The largest absolute Gasteiger partial charge is 0.388 e. The van der Waals surface area contributed by atoms with Crippen LogP contribution in [-0.2, 0) is 0 Å². The molecule has 2 N–H and O–H groups in total. The van der Waals surface area contributed by atoms with E-state index < -0.39 is 0 Å². The minimum absolute atomic E-state index is 0.301. The van der Waals surface area contributed by atoms with E-state index in [1.807, 2.05) is 0 Å². The Morgan fingerprint density at radius 2 is 2.05 bits per heavy atom. The van der Waals surface area contributed by atoms with Gasteiger partial charge in [0.1, 0.15) is 16.5 Å². The van der Waals surface area contributed by atoms with E-state index in [-0.39, 0.29) is 0 Å². The van der Waals surface area contributed by atoms with Crippen molar-refractivity contribution in [2.24, 2.45) is 11.7 Å². The van der Waals surface area contributed by atoms with Crippen molar-refractivity contribution in [1.29, 1.82) is 0 Å². The molecule has 19 heavy (non-hydrogen) atoms. The van der Waals surface area contributed by atoms with Crippen molar-refractivity contribution in [3.63, 3.8) is 0 Å². The first-order chi connectivity index (χ1) is 9.08. The summed E-state index contributed by atoms with van der Waals surface area (Å²) in [6.07, 6.45) is 8.63. The molecule has 4 nitrogen and oxygen atoms in total. The van der Waals surface area contributed by atoms with Crippen LogP contribution in [0.15, 0.2) is 12.4 Å². The monoisotopic (exact) mass is 278 g/mol. The van der Waals surface area contributed by atoms with Crippen LogP contribution in [0, 0.1) is 5.92 Å². The average molecular weight is 278 g/mol. The second kappa shape index (κ2) is 6.28. The molecule has 0 spiro atoms. The summed E-state index contributed by atoms with van der Waals surface area (Å²) in [7, 11) is 0. The summed E-state index contributed by atoms with van der Waals surface area (Å²) in [5.41, 5.74) is 6.15. The van der Waals surface area contributed by atoms with E-state index in [9.17, 15) is 0 Å². The number of hydrogen-bond acceptors (Lipinski definition) is 4. The van der Waals surface area contributed by atoms with Gasteiger partial charge < -0.3 is 10.6 Å². The van der Waals surface area contributed by atoms with E-state index in [2.05, 4.69) is 28.7 Å². The zero-order valence-corrected chi connectivity index (χ0v) is 12.5. The zero-order valence-electron chi connectivity index (χ0n) is 11.7. The SMILES string of the molecule is CC(C)CN(c1cnc(C(N)=S)cn1)C1CCCC1. The standard InChI is InChI=1S/C14H22N4S/c1-10(2)9-18(11-5-3-4-6-11)13-8-16-12(7-17-13)14(15)19/h7-8,10-11H,3-6,9H2,1-2H3,(H2,15,19). The second-order valence-corrected chi connectivity index (χ2v) is 6.05. The summed E-state index contributed by atoms with van der Waals surface area (Å²) in [6, 6.07) is 0.604. The highest BCUT2D eigenvalue weighted by atomic mass is 32.1. The van der Waals surface area contributed by atoms with Crippen LogP contribution in [0.3, 0.4) is 0 Å². The van der Waals surface area contributed by atoms with Gasteiger partial charge in [-0.3, -0.25) is 0 Å². The third kappa shape index (κ3) is 3.62. The summed E-state index contributed by atoms with van der Waals surface area (Å²) in [6.45, 7) is 5.49. The van der Waals surface area contributed by atoms with Gasteiger partial charge in [0, 0.05) is 12.6 Å². The molecule has 1 saturated carbocycles. The quantitative estimate of drug-likeness (QED) is 0.839. The van der Waals surface area contributed by atoms with Crippen molar-refractivity contribution in [3.05, 3.63) is 18.1 Å². The van der Waals surface area contributed by atoms with E-state index in [1.165, 1.54) is 25.7 Å². The van der Waals surface area contributed by atoms with Crippen molar-refractivity contribution >= 4 is 23.0 Å². The predicted octanol–water partition coefficient (Wildman–Crippen LogP) is 2.52. The first-order valence-electron chi connectivity index (χ1n) is 6.96. The maximum Gasteiger partial charge on any atom is 0.147 e. The lowest BCUT2D eigenvalue weighted by molar-refractivity contribution is 0.530. The molecule has 104 valence electrons. The lowest BCUT2D eigenvalue weighted by atomic mass is 10.1. The van der Waals surface area contributed by atoms with Gasteiger partial charge >= 0.3 is 0 Å². The van der Waals surface area contributed by atoms with Crippen LogP contribution >= 0.6 is 12.2 Å². The molecular formula is C14H22N4S. The fourth-order valence-electron chi connectivity index (χ4n) is 2.64.